The minimum Gasteiger partial charge on any atom is -0.497 e. The van der Waals surface area contributed by atoms with Gasteiger partial charge in [0.25, 0.3) is 0 Å². The van der Waals surface area contributed by atoms with Crippen LogP contribution in [0.3, 0.4) is 0 Å². The Morgan fingerprint density at radius 2 is 1.85 bits per heavy atom. The number of fused-ring (bicyclic) bond motifs is 1. The molecule has 6 heteroatoms. The Balaban J connectivity index is 1.42. The Bertz CT molecular complexity index is 1230. The fraction of sp³-hybridized carbons (Fsp3) is 0.429. The van der Waals surface area contributed by atoms with Crippen molar-refractivity contribution in [3.63, 3.8) is 0 Å². The summed E-state index contributed by atoms with van der Waals surface area (Å²) in [6.07, 6.45) is 11.6. The van der Waals surface area contributed by atoms with E-state index in [0.29, 0.717) is 6.04 Å². The lowest BCUT2D eigenvalue weighted by molar-refractivity contribution is 0.393. The lowest BCUT2D eigenvalue weighted by Gasteiger charge is -2.24. The van der Waals surface area contributed by atoms with E-state index in [9.17, 15) is 0 Å². The molecule has 0 spiro atoms. The van der Waals surface area contributed by atoms with E-state index in [-0.39, 0.29) is 0 Å². The fourth-order valence-electron chi connectivity index (χ4n) is 5.16. The zero-order valence-electron chi connectivity index (χ0n) is 20.4. The van der Waals surface area contributed by atoms with E-state index in [1.54, 1.807) is 7.11 Å². The van der Waals surface area contributed by atoms with E-state index < -0.39 is 0 Å². The molecule has 0 aliphatic heterocycles. The third kappa shape index (κ3) is 4.67. The van der Waals surface area contributed by atoms with Crippen LogP contribution in [0.15, 0.2) is 47.1 Å². The van der Waals surface area contributed by atoms with Crippen molar-refractivity contribution in [2.24, 2.45) is 0 Å². The molecule has 4 aromatic rings. The molecule has 1 saturated carbocycles. The first-order valence-corrected chi connectivity index (χ1v) is 12.5. The molecule has 1 N–H and O–H groups in total. The first-order valence-electron chi connectivity index (χ1n) is 12.5. The number of hydrogen-bond acceptors (Lipinski definition) is 5. The summed E-state index contributed by atoms with van der Waals surface area (Å²) in [5.41, 5.74) is 6.52. The standard InChI is InChI=1S/C28H34N4O2/c1-19-27(20(2)34-31-19)22-16-17-32-26(18-22)30-25(28(32)29-23-9-5-4-6-10-23)11-7-8-21-12-14-24(33-3)15-13-21/h12-18,23,29H,4-11H2,1-3H3. The molecule has 1 aromatic carbocycles. The minimum absolute atomic E-state index is 0.524. The van der Waals surface area contributed by atoms with Crippen LogP contribution >= 0.6 is 0 Å². The van der Waals surface area contributed by atoms with Crippen LogP contribution in [0.1, 0.15) is 61.2 Å². The third-order valence-electron chi connectivity index (χ3n) is 7.00. The molecule has 0 unspecified atom stereocenters. The maximum atomic E-state index is 5.40. The van der Waals surface area contributed by atoms with Crippen molar-refractivity contribution in [2.75, 3.05) is 12.4 Å². The molecule has 0 bridgehead atoms. The van der Waals surface area contributed by atoms with Gasteiger partial charge < -0.3 is 14.6 Å². The van der Waals surface area contributed by atoms with Crippen LogP contribution in [0.2, 0.25) is 0 Å². The van der Waals surface area contributed by atoms with Crippen molar-refractivity contribution in [1.29, 1.82) is 0 Å². The lowest BCUT2D eigenvalue weighted by Crippen LogP contribution is -2.23. The molecule has 1 aliphatic rings. The summed E-state index contributed by atoms with van der Waals surface area (Å²) in [6.45, 7) is 3.95. The van der Waals surface area contributed by atoms with Crippen LogP contribution in [0, 0.1) is 13.8 Å². The van der Waals surface area contributed by atoms with Gasteiger partial charge in [-0.1, -0.05) is 36.6 Å². The van der Waals surface area contributed by atoms with E-state index in [2.05, 4.69) is 45.3 Å². The summed E-state index contributed by atoms with van der Waals surface area (Å²) in [5.74, 6) is 2.90. The summed E-state index contributed by atoms with van der Waals surface area (Å²) in [6, 6.07) is 13.2. The Morgan fingerprint density at radius 3 is 2.56 bits per heavy atom. The second-order valence-electron chi connectivity index (χ2n) is 9.43. The largest absolute Gasteiger partial charge is 0.497 e. The number of hydrogen-bond donors (Lipinski definition) is 1. The number of nitrogens with one attached hydrogen (secondary N) is 1. The number of aryl methyl sites for hydroxylation is 4. The van der Waals surface area contributed by atoms with Crippen LogP contribution in [0.25, 0.3) is 16.8 Å². The monoisotopic (exact) mass is 458 g/mol. The van der Waals surface area contributed by atoms with Gasteiger partial charge in [0, 0.05) is 17.8 Å². The van der Waals surface area contributed by atoms with Crippen molar-refractivity contribution in [2.45, 2.75) is 71.3 Å². The van der Waals surface area contributed by atoms with Crippen LogP contribution < -0.4 is 10.1 Å². The van der Waals surface area contributed by atoms with Gasteiger partial charge >= 0.3 is 0 Å². The second kappa shape index (κ2) is 9.92. The number of imidazole rings is 1. The van der Waals surface area contributed by atoms with Gasteiger partial charge in [0.1, 0.15) is 23.0 Å². The molecular formula is C28H34N4O2. The highest BCUT2D eigenvalue weighted by Crippen LogP contribution is 2.31. The molecule has 0 radical (unpaired) electrons. The first-order chi connectivity index (χ1) is 16.6. The van der Waals surface area contributed by atoms with Gasteiger partial charge in [-0.2, -0.15) is 0 Å². The van der Waals surface area contributed by atoms with Crippen molar-refractivity contribution >= 4 is 11.5 Å². The highest BCUT2D eigenvalue weighted by atomic mass is 16.5. The molecular weight excluding hydrogens is 424 g/mol. The molecule has 178 valence electrons. The predicted octanol–water partition coefficient (Wildman–Crippen LogP) is 6.53. The summed E-state index contributed by atoms with van der Waals surface area (Å²) in [7, 11) is 1.70. The SMILES string of the molecule is COc1ccc(CCCc2nc3cc(-c4c(C)noc4C)ccn3c2NC2CCCCC2)cc1. The molecule has 3 heterocycles. The molecule has 0 amide bonds. The van der Waals surface area contributed by atoms with E-state index in [1.165, 1.54) is 37.7 Å². The number of methoxy groups -OCH3 is 1. The number of benzene rings is 1. The van der Waals surface area contributed by atoms with E-state index >= 15 is 0 Å². The van der Waals surface area contributed by atoms with E-state index in [4.69, 9.17) is 14.2 Å². The number of rotatable bonds is 8. The van der Waals surface area contributed by atoms with Crippen molar-refractivity contribution in [3.05, 3.63) is 65.3 Å². The number of pyridine rings is 1. The summed E-state index contributed by atoms with van der Waals surface area (Å²) >= 11 is 0. The highest BCUT2D eigenvalue weighted by Gasteiger charge is 2.20. The molecule has 1 fully saturated rings. The molecule has 34 heavy (non-hydrogen) atoms. The smallest absolute Gasteiger partial charge is 0.141 e. The molecule has 1 aliphatic carbocycles. The van der Waals surface area contributed by atoms with Gasteiger partial charge in [0.05, 0.1) is 18.5 Å². The Kier molecular flexibility index (Phi) is 6.57. The average Bonchev–Trinajstić information content (AvgIpc) is 3.38. The number of ether oxygens (including phenoxy) is 1. The van der Waals surface area contributed by atoms with Crippen molar-refractivity contribution in [1.82, 2.24) is 14.5 Å². The van der Waals surface area contributed by atoms with Gasteiger partial charge in [-0.05, 0) is 81.3 Å². The summed E-state index contributed by atoms with van der Waals surface area (Å²) in [4.78, 5) is 5.10. The third-order valence-corrected chi connectivity index (χ3v) is 7.00. The van der Waals surface area contributed by atoms with Crippen LogP contribution in [-0.2, 0) is 12.8 Å². The Labute approximate surface area is 201 Å². The summed E-state index contributed by atoms with van der Waals surface area (Å²) in [5, 5.41) is 8.00. The Morgan fingerprint density at radius 1 is 1.06 bits per heavy atom. The number of aromatic nitrogens is 3. The normalized spacial score (nSPS) is 14.6. The van der Waals surface area contributed by atoms with E-state index in [1.807, 2.05) is 26.0 Å². The second-order valence-corrected chi connectivity index (χ2v) is 9.43. The minimum atomic E-state index is 0.524. The molecule has 5 rings (SSSR count). The van der Waals surface area contributed by atoms with Crippen LogP contribution in [0.5, 0.6) is 5.75 Å². The topological polar surface area (TPSA) is 64.6 Å². The highest BCUT2D eigenvalue weighted by molar-refractivity contribution is 5.72. The zero-order chi connectivity index (χ0) is 23.5. The van der Waals surface area contributed by atoms with Gasteiger partial charge in [-0.25, -0.2) is 4.98 Å². The quantitative estimate of drug-likeness (QED) is 0.325. The molecule has 0 atom stereocenters. The van der Waals surface area contributed by atoms with Crippen LogP contribution in [-0.4, -0.2) is 27.7 Å². The fourth-order valence-corrected chi connectivity index (χ4v) is 5.16. The lowest BCUT2D eigenvalue weighted by atomic mass is 9.95. The van der Waals surface area contributed by atoms with E-state index in [0.717, 1.165) is 64.8 Å². The summed E-state index contributed by atoms with van der Waals surface area (Å²) < 4.78 is 12.9. The average molecular weight is 459 g/mol. The van der Waals surface area contributed by atoms with Crippen molar-refractivity contribution < 1.29 is 9.26 Å². The molecule has 0 saturated heterocycles. The first kappa shape index (κ1) is 22.5. The van der Waals surface area contributed by atoms with Gasteiger partial charge in [-0.3, -0.25) is 4.40 Å². The maximum absolute atomic E-state index is 5.40. The number of nitrogens with zero attached hydrogens (tertiary/aromatic N) is 3. The Hall–Kier alpha value is -3.28. The predicted molar refractivity (Wildman–Crippen MR) is 136 cm³/mol. The van der Waals surface area contributed by atoms with Gasteiger partial charge in [-0.15, -0.1) is 0 Å². The van der Waals surface area contributed by atoms with Crippen LogP contribution in [0.4, 0.5) is 5.82 Å². The maximum Gasteiger partial charge on any atom is 0.141 e. The zero-order valence-corrected chi connectivity index (χ0v) is 20.4. The molecule has 6 nitrogen and oxygen atoms in total. The number of anilines is 1. The molecule has 3 aromatic heterocycles. The van der Waals surface area contributed by atoms with Crippen molar-refractivity contribution in [3.8, 4) is 16.9 Å². The van der Waals surface area contributed by atoms with Gasteiger partial charge in [0.15, 0.2) is 0 Å². The van der Waals surface area contributed by atoms with Gasteiger partial charge in [0.2, 0.25) is 0 Å².